The Morgan fingerprint density at radius 2 is 1.81 bits per heavy atom. The zero-order chi connectivity index (χ0) is 22.5. The summed E-state index contributed by atoms with van der Waals surface area (Å²) in [7, 11) is 0. The normalized spacial score (nSPS) is 12.0. The molecule has 1 aromatic heterocycles. The number of ether oxygens (including phenoxy) is 1. The number of rotatable bonds is 13. The number of anilines is 3. The van der Waals surface area contributed by atoms with E-state index in [2.05, 4.69) is 52.4 Å². The number of hydrogen-bond donors (Lipinski definition) is 2. The first-order valence-electron chi connectivity index (χ1n) is 11.2. The Labute approximate surface area is 185 Å². The lowest BCUT2D eigenvalue weighted by Gasteiger charge is -2.14. The topological polar surface area (TPSA) is 89.0 Å². The molecule has 0 fully saturated rings. The van der Waals surface area contributed by atoms with E-state index in [1.165, 1.54) is 6.42 Å². The van der Waals surface area contributed by atoms with E-state index < -0.39 is 0 Å². The van der Waals surface area contributed by atoms with Crippen molar-refractivity contribution in [3.05, 3.63) is 47.8 Å². The summed E-state index contributed by atoms with van der Waals surface area (Å²) in [5.41, 5.74) is 1.32. The molecule has 0 radical (unpaired) electrons. The summed E-state index contributed by atoms with van der Waals surface area (Å²) in [6.45, 7) is 9.36. The Balaban J connectivity index is 1.93. The molecule has 2 rings (SSSR count). The summed E-state index contributed by atoms with van der Waals surface area (Å²) >= 11 is 0. The fourth-order valence-corrected chi connectivity index (χ4v) is 3.01. The van der Waals surface area contributed by atoms with Gasteiger partial charge in [-0.3, -0.25) is 0 Å². The average Bonchev–Trinajstić information content (AvgIpc) is 2.77. The Bertz CT molecular complexity index is 836. The molecule has 0 saturated carbocycles. The molecule has 0 saturated heterocycles. The molecule has 1 heterocycles. The molecule has 0 bridgehead atoms. The molecule has 0 spiro atoms. The molecule has 7 heteroatoms. The van der Waals surface area contributed by atoms with Crippen LogP contribution in [-0.4, -0.2) is 34.1 Å². The van der Waals surface area contributed by atoms with E-state index in [0.717, 1.165) is 31.4 Å². The van der Waals surface area contributed by atoms with Gasteiger partial charge >= 0.3 is 5.97 Å². The number of carbonyl (C=O) groups excluding carboxylic acids is 1. The van der Waals surface area contributed by atoms with Crippen molar-refractivity contribution in [3.63, 3.8) is 0 Å². The van der Waals surface area contributed by atoms with Crippen LogP contribution >= 0.6 is 0 Å². The van der Waals surface area contributed by atoms with Crippen molar-refractivity contribution in [2.45, 2.75) is 59.8 Å². The number of aromatic nitrogens is 3. The largest absolute Gasteiger partial charge is 0.462 e. The van der Waals surface area contributed by atoms with E-state index in [1.807, 2.05) is 25.1 Å². The smallest absolute Gasteiger partial charge is 0.338 e. The van der Waals surface area contributed by atoms with Gasteiger partial charge in [0.1, 0.15) is 5.82 Å². The second-order valence-electron chi connectivity index (χ2n) is 7.51. The summed E-state index contributed by atoms with van der Waals surface area (Å²) in [5, 5.41) is 6.32. The minimum absolute atomic E-state index is 0.288. The predicted octanol–water partition coefficient (Wildman–Crippen LogP) is 5.67. The van der Waals surface area contributed by atoms with E-state index in [4.69, 9.17) is 4.74 Å². The maximum absolute atomic E-state index is 12.4. The van der Waals surface area contributed by atoms with Crippen molar-refractivity contribution in [1.29, 1.82) is 0 Å². The highest BCUT2D eigenvalue weighted by Crippen LogP contribution is 2.17. The van der Waals surface area contributed by atoms with Crippen LogP contribution in [0.2, 0.25) is 0 Å². The van der Waals surface area contributed by atoms with Crippen molar-refractivity contribution >= 4 is 23.6 Å². The molecule has 2 aromatic rings. The molecule has 2 N–H and O–H groups in total. The van der Waals surface area contributed by atoms with Crippen molar-refractivity contribution < 1.29 is 9.53 Å². The molecular formula is C24H35N5O2. The number of allylic oxidation sites excluding steroid dienone is 1. The average molecular weight is 426 g/mol. The van der Waals surface area contributed by atoms with Gasteiger partial charge in [0.25, 0.3) is 0 Å². The molecule has 0 aliphatic carbocycles. The minimum atomic E-state index is -0.288. The summed E-state index contributed by atoms with van der Waals surface area (Å²) in [5.74, 6) is 1.73. The quantitative estimate of drug-likeness (QED) is 0.315. The standard InChI is InChI=1S/C24H35N5O2/c1-5-8-10-16-25-23-26-18(4)27-24(29-23)28-21-14-12-20(13-15-21)22(30)31-17-19(7-3)11-9-6-2/h8,10,12-15,19H,5-7,9,11,16-17H2,1-4H3,(H2,25,26,27,28,29)/b10-8-. The maximum atomic E-state index is 12.4. The van der Waals surface area contributed by atoms with Gasteiger partial charge < -0.3 is 15.4 Å². The van der Waals surface area contributed by atoms with Crippen LogP contribution in [0, 0.1) is 12.8 Å². The van der Waals surface area contributed by atoms with E-state index in [-0.39, 0.29) is 5.97 Å². The van der Waals surface area contributed by atoms with Gasteiger partial charge in [-0.2, -0.15) is 15.0 Å². The van der Waals surface area contributed by atoms with Crippen LogP contribution in [0.5, 0.6) is 0 Å². The third kappa shape index (κ3) is 8.74. The van der Waals surface area contributed by atoms with Gasteiger partial charge in [-0.05, 0) is 49.9 Å². The van der Waals surface area contributed by atoms with Gasteiger partial charge in [-0.1, -0.05) is 52.2 Å². The van der Waals surface area contributed by atoms with Crippen LogP contribution in [0.4, 0.5) is 17.6 Å². The summed E-state index contributed by atoms with van der Waals surface area (Å²) < 4.78 is 5.52. The molecule has 1 atom stereocenters. The molecule has 0 amide bonds. The number of unbranched alkanes of at least 4 members (excludes halogenated alkanes) is 1. The van der Waals surface area contributed by atoms with Crippen LogP contribution in [0.15, 0.2) is 36.4 Å². The molecule has 0 aliphatic rings. The molecule has 1 unspecified atom stereocenters. The second kappa shape index (κ2) is 13.4. The minimum Gasteiger partial charge on any atom is -0.462 e. The van der Waals surface area contributed by atoms with Gasteiger partial charge in [0.15, 0.2) is 0 Å². The number of esters is 1. The van der Waals surface area contributed by atoms with Gasteiger partial charge in [0.05, 0.1) is 12.2 Å². The van der Waals surface area contributed by atoms with Crippen LogP contribution in [-0.2, 0) is 4.74 Å². The summed E-state index contributed by atoms with van der Waals surface area (Å²) in [6.07, 6.45) is 9.56. The Hall–Kier alpha value is -2.96. The lowest BCUT2D eigenvalue weighted by Crippen LogP contribution is -2.14. The first kappa shape index (κ1) is 24.3. The molecule has 7 nitrogen and oxygen atoms in total. The highest BCUT2D eigenvalue weighted by Gasteiger charge is 2.12. The van der Waals surface area contributed by atoms with Crippen LogP contribution in [0.3, 0.4) is 0 Å². The highest BCUT2D eigenvalue weighted by atomic mass is 16.5. The van der Waals surface area contributed by atoms with Crippen LogP contribution in [0.25, 0.3) is 0 Å². The predicted molar refractivity (Wildman–Crippen MR) is 126 cm³/mol. The Morgan fingerprint density at radius 3 is 2.48 bits per heavy atom. The van der Waals surface area contributed by atoms with Crippen LogP contribution < -0.4 is 10.6 Å². The molecule has 1 aromatic carbocycles. The van der Waals surface area contributed by atoms with Gasteiger partial charge in [-0.15, -0.1) is 0 Å². The zero-order valence-electron chi connectivity index (χ0n) is 19.1. The lowest BCUT2D eigenvalue weighted by atomic mass is 10.0. The number of nitrogens with zero attached hydrogens (tertiary/aromatic N) is 3. The van der Waals surface area contributed by atoms with Gasteiger partial charge in [0, 0.05) is 12.2 Å². The fraction of sp³-hybridized carbons (Fsp3) is 0.500. The number of aryl methyl sites for hydroxylation is 1. The highest BCUT2D eigenvalue weighted by molar-refractivity contribution is 5.89. The van der Waals surface area contributed by atoms with E-state index in [9.17, 15) is 4.79 Å². The van der Waals surface area contributed by atoms with Crippen molar-refractivity contribution in [2.24, 2.45) is 5.92 Å². The van der Waals surface area contributed by atoms with Crippen LogP contribution in [0.1, 0.15) is 69.1 Å². The number of benzene rings is 1. The van der Waals surface area contributed by atoms with Gasteiger partial charge in [-0.25, -0.2) is 4.79 Å². The third-order valence-electron chi connectivity index (χ3n) is 4.90. The summed E-state index contributed by atoms with van der Waals surface area (Å²) in [4.78, 5) is 25.4. The maximum Gasteiger partial charge on any atom is 0.338 e. The SMILES string of the molecule is CC/C=C\CNc1nc(C)nc(Nc2ccc(C(=O)OCC(CC)CCCC)cc2)n1. The first-order valence-corrected chi connectivity index (χ1v) is 11.2. The molecular weight excluding hydrogens is 390 g/mol. The Morgan fingerprint density at radius 1 is 1.06 bits per heavy atom. The first-order chi connectivity index (χ1) is 15.0. The lowest BCUT2D eigenvalue weighted by molar-refractivity contribution is 0.0428. The third-order valence-corrected chi connectivity index (χ3v) is 4.90. The van der Waals surface area contributed by atoms with Crippen molar-refractivity contribution in [3.8, 4) is 0 Å². The number of carbonyl (C=O) groups is 1. The van der Waals surface area contributed by atoms with Crippen molar-refractivity contribution in [1.82, 2.24) is 15.0 Å². The Kier molecular flexibility index (Phi) is 10.5. The molecule has 31 heavy (non-hydrogen) atoms. The van der Waals surface area contributed by atoms with E-state index in [0.29, 0.717) is 42.4 Å². The molecule has 0 aliphatic heterocycles. The van der Waals surface area contributed by atoms with E-state index >= 15 is 0 Å². The van der Waals surface area contributed by atoms with Crippen molar-refractivity contribution in [2.75, 3.05) is 23.8 Å². The van der Waals surface area contributed by atoms with Gasteiger partial charge in [0.2, 0.25) is 11.9 Å². The zero-order valence-corrected chi connectivity index (χ0v) is 19.1. The monoisotopic (exact) mass is 425 g/mol. The van der Waals surface area contributed by atoms with E-state index in [1.54, 1.807) is 12.1 Å². The number of nitrogens with one attached hydrogen (secondary N) is 2. The number of hydrogen-bond acceptors (Lipinski definition) is 7. The fourth-order valence-electron chi connectivity index (χ4n) is 3.01. The molecule has 168 valence electrons. The second-order valence-corrected chi connectivity index (χ2v) is 7.51. The summed E-state index contributed by atoms with van der Waals surface area (Å²) in [6, 6.07) is 7.14.